The topological polar surface area (TPSA) is 137 Å². The predicted octanol–water partition coefficient (Wildman–Crippen LogP) is -0.556. The number of nitrogen functional groups attached to an aromatic ring is 1. The molecule has 0 fully saturated rings. The number of aromatic nitrogens is 1. The van der Waals surface area contributed by atoms with E-state index < -0.39 is 0 Å². The normalized spacial score (nSPS) is 10.6. The van der Waals surface area contributed by atoms with Gasteiger partial charge in [-0.3, -0.25) is 10.7 Å². The number of aliphatic imine (C=N–C) groups is 1. The molecule has 1 aromatic rings. The summed E-state index contributed by atoms with van der Waals surface area (Å²) in [6.45, 7) is 0. The van der Waals surface area contributed by atoms with Crippen LogP contribution < -0.4 is 16.8 Å². The second-order valence-electron chi connectivity index (χ2n) is 2.15. The third kappa shape index (κ3) is 2.43. The number of guanidine groups is 1. The number of nitrogens with one attached hydrogen (secondary N) is 2. The van der Waals surface area contributed by atoms with Gasteiger partial charge in [-0.15, -0.1) is 0 Å². The molecule has 1 rings (SSSR count). The first-order chi connectivity index (χ1) is 6.63. The number of hydrogen-bond acceptors (Lipinski definition) is 5. The number of amidine groups is 1. The molecule has 8 heteroatoms. The van der Waals surface area contributed by atoms with Gasteiger partial charge in [0.2, 0.25) is 11.1 Å². The summed E-state index contributed by atoms with van der Waals surface area (Å²) in [4.78, 5) is 8.12. The summed E-state index contributed by atoms with van der Waals surface area (Å²) < 4.78 is 0. The van der Waals surface area contributed by atoms with Gasteiger partial charge in [-0.05, 0) is 0 Å². The van der Waals surface area contributed by atoms with Crippen LogP contribution >= 0.6 is 11.3 Å². The van der Waals surface area contributed by atoms with Gasteiger partial charge in [0.05, 0.1) is 11.1 Å². The van der Waals surface area contributed by atoms with E-state index in [2.05, 4.69) is 15.3 Å². The van der Waals surface area contributed by atoms with E-state index in [4.69, 9.17) is 22.1 Å². The lowest BCUT2D eigenvalue weighted by atomic mass is 10.5. The molecule has 7 nitrogen and oxygen atoms in total. The Kier molecular flexibility index (Phi) is 2.98. The molecule has 0 amide bonds. The molecule has 0 saturated heterocycles. The molecule has 0 spiro atoms. The van der Waals surface area contributed by atoms with Crippen LogP contribution in [0.4, 0.5) is 5.13 Å². The Balaban J connectivity index is 2.83. The number of rotatable bonds is 2. The second-order valence-corrected chi connectivity index (χ2v) is 3.16. The number of nitriles is 1. The lowest BCUT2D eigenvalue weighted by molar-refractivity contribution is 1.21. The Bertz CT molecular complexity index is 412. The summed E-state index contributed by atoms with van der Waals surface area (Å²) in [7, 11) is 0. The maximum Gasteiger partial charge on any atom is 0.213 e. The Labute approximate surface area is 83.6 Å². The van der Waals surface area contributed by atoms with Crippen molar-refractivity contribution >= 4 is 28.3 Å². The van der Waals surface area contributed by atoms with Crippen molar-refractivity contribution in [3.8, 4) is 6.19 Å². The molecule has 6 N–H and O–H groups in total. The highest BCUT2D eigenvalue weighted by Crippen LogP contribution is 2.19. The highest BCUT2D eigenvalue weighted by molar-refractivity contribution is 7.17. The Morgan fingerprint density at radius 3 is 2.93 bits per heavy atom. The molecule has 14 heavy (non-hydrogen) atoms. The molecule has 0 aliphatic heterocycles. The minimum Gasteiger partial charge on any atom is -0.383 e. The van der Waals surface area contributed by atoms with Crippen LogP contribution in [0.3, 0.4) is 0 Å². The van der Waals surface area contributed by atoms with E-state index in [9.17, 15) is 0 Å². The largest absolute Gasteiger partial charge is 0.383 e. The fourth-order valence-corrected chi connectivity index (χ4v) is 1.29. The van der Waals surface area contributed by atoms with E-state index in [0.717, 1.165) is 11.3 Å². The number of nitrogens with zero attached hydrogens (tertiary/aromatic N) is 3. The summed E-state index contributed by atoms with van der Waals surface area (Å²) in [5.74, 6) is -0.118. The molecule has 0 unspecified atom stereocenters. The molecule has 0 atom stereocenters. The van der Waals surface area contributed by atoms with Gasteiger partial charge < -0.3 is 11.5 Å². The first-order valence-corrected chi connectivity index (χ1v) is 4.24. The summed E-state index contributed by atoms with van der Waals surface area (Å²) in [5, 5.41) is 17.8. The average molecular weight is 209 g/mol. The van der Waals surface area contributed by atoms with E-state index in [-0.39, 0.29) is 11.8 Å². The highest BCUT2D eigenvalue weighted by Gasteiger charge is 2.03. The van der Waals surface area contributed by atoms with Crippen molar-refractivity contribution < 1.29 is 0 Å². The summed E-state index contributed by atoms with van der Waals surface area (Å²) in [6, 6.07) is 0. The van der Waals surface area contributed by atoms with Crippen molar-refractivity contribution in [2.45, 2.75) is 0 Å². The molecule has 72 valence electrons. The molecule has 1 aromatic heterocycles. The molecule has 0 bridgehead atoms. The standard InChI is InChI=1S/C6H7N7S/c7-2-12-5(10)13-6-11-1-3(14-6)4(8)9/h1H,(H3,8,9)(H3,10,11,12,13). The van der Waals surface area contributed by atoms with Gasteiger partial charge in [0.15, 0.2) is 6.19 Å². The van der Waals surface area contributed by atoms with Gasteiger partial charge in [-0.1, -0.05) is 11.3 Å². The average Bonchev–Trinajstić information content (AvgIpc) is 2.53. The van der Waals surface area contributed by atoms with Crippen molar-refractivity contribution in [3.63, 3.8) is 0 Å². The van der Waals surface area contributed by atoms with Crippen molar-refractivity contribution in [2.24, 2.45) is 16.5 Å². The second kappa shape index (κ2) is 4.20. The molecular weight excluding hydrogens is 202 g/mol. The Hall–Kier alpha value is -2.14. The van der Waals surface area contributed by atoms with E-state index in [1.54, 1.807) is 6.19 Å². The first kappa shape index (κ1) is 9.94. The van der Waals surface area contributed by atoms with Gasteiger partial charge in [0.1, 0.15) is 5.84 Å². The van der Waals surface area contributed by atoms with Crippen LogP contribution in [0.5, 0.6) is 0 Å². The van der Waals surface area contributed by atoms with Crippen molar-refractivity contribution in [1.82, 2.24) is 10.3 Å². The molecule has 0 radical (unpaired) electrons. The van der Waals surface area contributed by atoms with Crippen molar-refractivity contribution in [1.29, 1.82) is 10.7 Å². The SMILES string of the molecule is N#CN/C(N)=N/c1ncc(C(=N)N)s1. The van der Waals surface area contributed by atoms with Crippen LogP contribution in [0.2, 0.25) is 0 Å². The zero-order valence-corrected chi connectivity index (χ0v) is 7.80. The zero-order chi connectivity index (χ0) is 10.6. The molecule has 1 heterocycles. The molecule has 0 aliphatic carbocycles. The van der Waals surface area contributed by atoms with Crippen LogP contribution in [0.15, 0.2) is 11.2 Å². The summed E-state index contributed by atoms with van der Waals surface area (Å²) >= 11 is 1.12. The monoisotopic (exact) mass is 209 g/mol. The third-order valence-corrected chi connectivity index (χ3v) is 2.08. The van der Waals surface area contributed by atoms with E-state index in [0.29, 0.717) is 10.0 Å². The molecule has 0 aromatic carbocycles. The van der Waals surface area contributed by atoms with E-state index in [1.165, 1.54) is 6.20 Å². The van der Waals surface area contributed by atoms with Gasteiger partial charge in [0, 0.05) is 0 Å². The van der Waals surface area contributed by atoms with Crippen molar-refractivity contribution in [3.05, 3.63) is 11.1 Å². The maximum atomic E-state index is 8.22. The molecular formula is C6H7N7S. The minimum absolute atomic E-state index is 0.0445. The smallest absolute Gasteiger partial charge is 0.213 e. The maximum absolute atomic E-state index is 8.22. The Morgan fingerprint density at radius 2 is 2.43 bits per heavy atom. The summed E-state index contributed by atoms with van der Waals surface area (Å²) in [6.07, 6.45) is 3.04. The lowest BCUT2D eigenvalue weighted by Crippen LogP contribution is -2.26. The minimum atomic E-state index is -0.0734. The third-order valence-electron chi connectivity index (χ3n) is 1.16. The zero-order valence-electron chi connectivity index (χ0n) is 6.98. The van der Waals surface area contributed by atoms with Gasteiger partial charge >= 0.3 is 0 Å². The molecule has 0 aliphatic rings. The summed E-state index contributed by atoms with van der Waals surface area (Å²) in [5.41, 5.74) is 10.5. The lowest BCUT2D eigenvalue weighted by Gasteiger charge is -1.91. The van der Waals surface area contributed by atoms with E-state index >= 15 is 0 Å². The quantitative estimate of drug-likeness (QED) is 0.224. The Morgan fingerprint density at radius 1 is 1.71 bits per heavy atom. The number of hydrogen-bond donors (Lipinski definition) is 4. The number of thiazole rings is 1. The fourth-order valence-electron chi connectivity index (χ4n) is 0.629. The van der Waals surface area contributed by atoms with Crippen LogP contribution in [-0.4, -0.2) is 16.8 Å². The fraction of sp³-hybridized carbons (Fsp3) is 0. The van der Waals surface area contributed by atoms with Gasteiger partial charge in [-0.25, -0.2) is 4.98 Å². The van der Waals surface area contributed by atoms with Crippen LogP contribution in [0, 0.1) is 16.9 Å². The molecule has 0 saturated carbocycles. The van der Waals surface area contributed by atoms with Gasteiger partial charge in [-0.2, -0.15) is 10.3 Å². The number of nitrogens with two attached hydrogens (primary N) is 2. The van der Waals surface area contributed by atoms with Crippen molar-refractivity contribution in [2.75, 3.05) is 0 Å². The van der Waals surface area contributed by atoms with E-state index in [1.807, 2.05) is 0 Å². The van der Waals surface area contributed by atoms with Crippen LogP contribution in [-0.2, 0) is 0 Å². The van der Waals surface area contributed by atoms with Crippen LogP contribution in [0.25, 0.3) is 0 Å². The predicted molar refractivity (Wildman–Crippen MR) is 53.2 cm³/mol. The first-order valence-electron chi connectivity index (χ1n) is 3.43. The highest BCUT2D eigenvalue weighted by atomic mass is 32.1. The van der Waals surface area contributed by atoms with Crippen LogP contribution in [0.1, 0.15) is 4.88 Å². The van der Waals surface area contributed by atoms with Gasteiger partial charge in [0.25, 0.3) is 0 Å².